The molecule has 0 unspecified atom stereocenters. The molecule has 0 saturated carbocycles. The Labute approximate surface area is 196 Å². The monoisotopic (exact) mass is 473 g/mol. The van der Waals surface area contributed by atoms with Gasteiger partial charge in [-0.2, -0.15) is 0 Å². The zero-order valence-corrected chi connectivity index (χ0v) is 19.4. The molecule has 9 heteroatoms. The third-order valence-corrected chi connectivity index (χ3v) is 5.97. The first kappa shape index (κ1) is 23.8. The van der Waals surface area contributed by atoms with Crippen LogP contribution in [0.2, 0.25) is 5.02 Å². The predicted molar refractivity (Wildman–Crippen MR) is 126 cm³/mol. The number of carbonyl (C=O) groups excluding carboxylic acids is 3. The summed E-state index contributed by atoms with van der Waals surface area (Å²) in [7, 11) is 3.45. The molecule has 1 N–H and O–H groups in total. The van der Waals surface area contributed by atoms with Gasteiger partial charge in [-0.25, -0.2) is 0 Å². The standard InChI is InChI=1S/C23H24ClN3O4S/c1-26(14-16-6-5-8-18(12-16)31-2)15-21(28)25-10-11-27-22(29)20(32-23(27)30)13-17-7-3-4-9-19(17)24/h3-9,12-13H,10-11,14-15H2,1-2H3,(H,25,28). The highest BCUT2D eigenvalue weighted by atomic mass is 35.5. The first-order valence-electron chi connectivity index (χ1n) is 9.95. The summed E-state index contributed by atoms with van der Waals surface area (Å²) in [6.45, 7) is 1.06. The van der Waals surface area contributed by atoms with Crippen LogP contribution in [0.3, 0.4) is 0 Å². The molecule has 1 aliphatic heterocycles. The fourth-order valence-electron chi connectivity index (χ4n) is 3.17. The number of halogens is 1. The van der Waals surface area contributed by atoms with Gasteiger partial charge in [0.15, 0.2) is 0 Å². The van der Waals surface area contributed by atoms with Gasteiger partial charge in [0.2, 0.25) is 5.91 Å². The van der Waals surface area contributed by atoms with E-state index in [2.05, 4.69) is 5.32 Å². The number of rotatable bonds is 9. The van der Waals surface area contributed by atoms with E-state index >= 15 is 0 Å². The molecule has 2 aromatic rings. The van der Waals surface area contributed by atoms with Crippen molar-refractivity contribution in [3.8, 4) is 5.75 Å². The van der Waals surface area contributed by atoms with E-state index in [1.165, 1.54) is 0 Å². The van der Waals surface area contributed by atoms with Gasteiger partial charge >= 0.3 is 0 Å². The molecule has 1 fully saturated rings. The lowest BCUT2D eigenvalue weighted by molar-refractivity contribution is -0.124. The lowest BCUT2D eigenvalue weighted by atomic mass is 10.2. The number of hydrogen-bond donors (Lipinski definition) is 1. The Kier molecular flexibility index (Phi) is 8.33. The number of nitrogens with one attached hydrogen (secondary N) is 1. The van der Waals surface area contributed by atoms with Crippen LogP contribution < -0.4 is 10.1 Å². The van der Waals surface area contributed by atoms with Gasteiger partial charge in [0.25, 0.3) is 11.1 Å². The van der Waals surface area contributed by atoms with E-state index in [1.807, 2.05) is 42.3 Å². The quantitative estimate of drug-likeness (QED) is 0.560. The Morgan fingerprint density at radius 3 is 2.75 bits per heavy atom. The number of imide groups is 1. The van der Waals surface area contributed by atoms with Crippen molar-refractivity contribution < 1.29 is 19.1 Å². The fourth-order valence-corrected chi connectivity index (χ4v) is 4.22. The summed E-state index contributed by atoms with van der Waals surface area (Å²) in [5.74, 6) is 0.194. The van der Waals surface area contributed by atoms with Crippen LogP contribution >= 0.6 is 23.4 Å². The number of benzene rings is 2. The minimum Gasteiger partial charge on any atom is -0.497 e. The molecule has 1 saturated heterocycles. The summed E-state index contributed by atoms with van der Waals surface area (Å²) in [6, 6.07) is 14.8. The lowest BCUT2D eigenvalue weighted by Gasteiger charge is -2.18. The summed E-state index contributed by atoms with van der Waals surface area (Å²) in [5, 5.41) is 2.90. The maximum Gasteiger partial charge on any atom is 0.293 e. The minimum absolute atomic E-state index is 0.107. The molecule has 1 aliphatic rings. The summed E-state index contributed by atoms with van der Waals surface area (Å²) >= 11 is 7.00. The second-order valence-electron chi connectivity index (χ2n) is 7.23. The Balaban J connectivity index is 1.47. The Hall–Kier alpha value is -2.81. The maximum atomic E-state index is 12.6. The number of ether oxygens (including phenoxy) is 1. The first-order valence-corrected chi connectivity index (χ1v) is 11.1. The molecule has 3 rings (SSSR count). The zero-order chi connectivity index (χ0) is 23.1. The maximum absolute atomic E-state index is 12.6. The lowest BCUT2D eigenvalue weighted by Crippen LogP contribution is -2.40. The smallest absolute Gasteiger partial charge is 0.293 e. The van der Waals surface area contributed by atoms with Crippen LogP contribution in [0.15, 0.2) is 53.4 Å². The largest absolute Gasteiger partial charge is 0.497 e. The highest BCUT2D eigenvalue weighted by molar-refractivity contribution is 8.18. The van der Waals surface area contributed by atoms with Crippen molar-refractivity contribution in [1.29, 1.82) is 0 Å². The number of likely N-dealkylation sites (N-methyl/N-ethyl adjacent to an activating group) is 1. The molecule has 7 nitrogen and oxygen atoms in total. The Bertz CT molecular complexity index is 1040. The molecular formula is C23H24ClN3O4S. The summed E-state index contributed by atoms with van der Waals surface area (Å²) in [6.07, 6.45) is 1.61. The molecule has 1 heterocycles. The van der Waals surface area contributed by atoms with E-state index in [1.54, 1.807) is 31.4 Å². The molecule has 0 spiro atoms. The SMILES string of the molecule is COc1cccc(CN(C)CC(=O)NCCN2C(=O)SC(=Cc3ccccc3Cl)C2=O)c1. The van der Waals surface area contributed by atoms with E-state index in [-0.39, 0.29) is 36.7 Å². The Morgan fingerprint density at radius 1 is 1.22 bits per heavy atom. The van der Waals surface area contributed by atoms with Crippen molar-refractivity contribution in [3.05, 3.63) is 69.6 Å². The number of methoxy groups -OCH3 is 1. The molecule has 32 heavy (non-hydrogen) atoms. The van der Waals surface area contributed by atoms with Crippen LogP contribution in [0.1, 0.15) is 11.1 Å². The van der Waals surface area contributed by atoms with E-state index in [4.69, 9.17) is 16.3 Å². The van der Waals surface area contributed by atoms with Crippen molar-refractivity contribution in [2.24, 2.45) is 0 Å². The van der Waals surface area contributed by atoms with Crippen LogP contribution in [-0.2, 0) is 16.1 Å². The van der Waals surface area contributed by atoms with Gasteiger partial charge in [0.05, 0.1) is 18.6 Å². The minimum atomic E-state index is -0.385. The second kappa shape index (κ2) is 11.2. The number of amides is 3. The van der Waals surface area contributed by atoms with Gasteiger partial charge in [-0.1, -0.05) is 41.9 Å². The van der Waals surface area contributed by atoms with Gasteiger partial charge < -0.3 is 10.1 Å². The van der Waals surface area contributed by atoms with Crippen molar-refractivity contribution >= 4 is 46.5 Å². The second-order valence-corrected chi connectivity index (χ2v) is 8.63. The molecular weight excluding hydrogens is 450 g/mol. The van der Waals surface area contributed by atoms with Crippen molar-refractivity contribution in [1.82, 2.24) is 15.1 Å². The van der Waals surface area contributed by atoms with Gasteiger partial charge in [-0.05, 0) is 54.2 Å². The number of nitrogens with zero attached hydrogens (tertiary/aromatic N) is 2. The number of hydrogen-bond acceptors (Lipinski definition) is 6. The van der Waals surface area contributed by atoms with E-state index < -0.39 is 0 Å². The Morgan fingerprint density at radius 2 is 2.00 bits per heavy atom. The molecule has 3 amide bonds. The van der Waals surface area contributed by atoms with Gasteiger partial charge in [0.1, 0.15) is 5.75 Å². The van der Waals surface area contributed by atoms with Crippen LogP contribution in [0, 0.1) is 0 Å². The van der Waals surface area contributed by atoms with Crippen molar-refractivity contribution in [2.75, 3.05) is 33.8 Å². The summed E-state index contributed by atoms with van der Waals surface area (Å²) in [5.41, 5.74) is 1.70. The highest BCUT2D eigenvalue weighted by Gasteiger charge is 2.34. The van der Waals surface area contributed by atoms with Crippen molar-refractivity contribution in [3.63, 3.8) is 0 Å². The summed E-state index contributed by atoms with van der Waals surface area (Å²) < 4.78 is 5.21. The van der Waals surface area contributed by atoms with Crippen LogP contribution in [0.4, 0.5) is 4.79 Å². The van der Waals surface area contributed by atoms with Crippen LogP contribution in [0.25, 0.3) is 6.08 Å². The molecule has 0 aromatic heterocycles. The first-order chi connectivity index (χ1) is 15.4. The topological polar surface area (TPSA) is 79.0 Å². The molecule has 0 atom stereocenters. The highest BCUT2D eigenvalue weighted by Crippen LogP contribution is 2.33. The summed E-state index contributed by atoms with van der Waals surface area (Å²) in [4.78, 5) is 40.4. The normalized spacial score (nSPS) is 15.0. The van der Waals surface area contributed by atoms with Gasteiger partial charge in [0, 0.05) is 24.7 Å². The zero-order valence-electron chi connectivity index (χ0n) is 17.8. The third kappa shape index (κ3) is 6.35. The van der Waals surface area contributed by atoms with E-state index in [0.717, 1.165) is 28.0 Å². The van der Waals surface area contributed by atoms with Crippen LogP contribution in [-0.4, -0.2) is 60.6 Å². The number of thioether (sulfide) groups is 1. The van der Waals surface area contributed by atoms with E-state index in [0.29, 0.717) is 22.0 Å². The number of carbonyl (C=O) groups is 3. The average molecular weight is 474 g/mol. The van der Waals surface area contributed by atoms with Gasteiger partial charge in [-0.15, -0.1) is 0 Å². The molecule has 2 aromatic carbocycles. The fraction of sp³-hybridized carbons (Fsp3) is 0.261. The van der Waals surface area contributed by atoms with Gasteiger partial charge in [-0.3, -0.25) is 24.2 Å². The van der Waals surface area contributed by atoms with E-state index in [9.17, 15) is 14.4 Å². The van der Waals surface area contributed by atoms with Crippen LogP contribution in [0.5, 0.6) is 5.75 Å². The molecule has 0 aliphatic carbocycles. The molecule has 168 valence electrons. The average Bonchev–Trinajstić information content (AvgIpc) is 3.02. The predicted octanol–water partition coefficient (Wildman–Crippen LogP) is 3.63. The third-order valence-electron chi connectivity index (χ3n) is 4.72. The molecule has 0 bridgehead atoms. The van der Waals surface area contributed by atoms with Crippen molar-refractivity contribution in [2.45, 2.75) is 6.54 Å². The molecule has 0 radical (unpaired) electrons.